The van der Waals surface area contributed by atoms with Gasteiger partial charge < -0.3 is 14.6 Å². The van der Waals surface area contributed by atoms with Crippen molar-refractivity contribution in [1.82, 2.24) is 19.6 Å². The number of likely N-dealkylation sites (N-methyl/N-ethyl adjacent to an activating group) is 1. The fourth-order valence-electron chi connectivity index (χ4n) is 3.34. The van der Waals surface area contributed by atoms with E-state index in [1.165, 1.54) is 0 Å². The van der Waals surface area contributed by atoms with E-state index >= 15 is 0 Å². The van der Waals surface area contributed by atoms with E-state index in [-0.39, 0.29) is 5.91 Å². The first kappa shape index (κ1) is 20.4. The van der Waals surface area contributed by atoms with Crippen molar-refractivity contribution in [1.29, 1.82) is 0 Å². The summed E-state index contributed by atoms with van der Waals surface area (Å²) in [7, 11) is 0. The first-order valence-corrected chi connectivity index (χ1v) is 10.2. The quantitative estimate of drug-likeness (QED) is 0.591. The summed E-state index contributed by atoms with van der Waals surface area (Å²) in [5, 5.41) is 3.73. The molecule has 2 aromatic heterocycles. The molecule has 6 heteroatoms. The molecule has 28 heavy (non-hydrogen) atoms. The van der Waals surface area contributed by atoms with Crippen molar-refractivity contribution in [3.05, 3.63) is 59.4 Å². The Kier molecular flexibility index (Phi) is 7.06. The number of amides is 1. The number of benzene rings is 1. The lowest BCUT2D eigenvalue weighted by atomic mass is 10.1. The van der Waals surface area contributed by atoms with Crippen LogP contribution in [0.5, 0.6) is 0 Å². The lowest BCUT2D eigenvalue weighted by Gasteiger charge is -2.17. The van der Waals surface area contributed by atoms with E-state index in [1.807, 2.05) is 48.7 Å². The number of fused-ring (bicyclic) bond motifs is 1. The summed E-state index contributed by atoms with van der Waals surface area (Å²) in [6, 6.07) is 13.6. The molecule has 0 aliphatic rings. The standard InChI is InChI=1S/C22H27ClN4O/c1-3-26(4-2)16-14-24-21(28)13-12-19-22(17-8-10-18(23)11-9-17)25-20-7-5-6-15-27(19)20/h5-11,15H,3-4,12-14,16H2,1-2H3,(H,24,28). The molecular weight excluding hydrogens is 372 g/mol. The summed E-state index contributed by atoms with van der Waals surface area (Å²) in [5.41, 5.74) is 3.82. The van der Waals surface area contributed by atoms with Gasteiger partial charge in [-0.15, -0.1) is 0 Å². The minimum atomic E-state index is 0.0695. The Balaban J connectivity index is 1.72. The Morgan fingerprint density at radius 2 is 1.89 bits per heavy atom. The zero-order chi connectivity index (χ0) is 19.9. The molecule has 0 spiro atoms. The highest BCUT2D eigenvalue weighted by Gasteiger charge is 2.15. The number of nitrogens with zero attached hydrogens (tertiary/aromatic N) is 3. The minimum absolute atomic E-state index is 0.0695. The van der Waals surface area contributed by atoms with E-state index in [4.69, 9.17) is 16.6 Å². The van der Waals surface area contributed by atoms with Gasteiger partial charge in [0.25, 0.3) is 0 Å². The summed E-state index contributed by atoms with van der Waals surface area (Å²) in [5.74, 6) is 0.0695. The van der Waals surface area contributed by atoms with Crippen LogP contribution in [0.4, 0.5) is 0 Å². The third-order valence-corrected chi connectivity index (χ3v) is 5.23. The molecule has 0 aliphatic heterocycles. The summed E-state index contributed by atoms with van der Waals surface area (Å²) in [6.07, 6.45) is 3.05. The van der Waals surface area contributed by atoms with Crippen LogP contribution in [0.15, 0.2) is 48.7 Å². The van der Waals surface area contributed by atoms with Gasteiger partial charge in [0.15, 0.2) is 0 Å². The van der Waals surface area contributed by atoms with Gasteiger partial charge in [-0.2, -0.15) is 0 Å². The third-order valence-electron chi connectivity index (χ3n) is 4.98. The average Bonchev–Trinajstić information content (AvgIpc) is 3.09. The van der Waals surface area contributed by atoms with Crippen LogP contribution >= 0.6 is 11.6 Å². The van der Waals surface area contributed by atoms with Crippen molar-refractivity contribution in [2.75, 3.05) is 26.2 Å². The van der Waals surface area contributed by atoms with E-state index in [0.29, 0.717) is 24.4 Å². The molecule has 0 radical (unpaired) electrons. The number of aryl methyl sites for hydroxylation is 1. The smallest absolute Gasteiger partial charge is 0.220 e. The molecule has 3 rings (SSSR count). The maximum Gasteiger partial charge on any atom is 0.220 e. The van der Waals surface area contributed by atoms with Crippen LogP contribution in [0, 0.1) is 0 Å². The van der Waals surface area contributed by atoms with Crippen LogP contribution in [0.2, 0.25) is 5.02 Å². The Labute approximate surface area is 171 Å². The third kappa shape index (κ3) is 4.91. The molecule has 1 aromatic carbocycles. The van der Waals surface area contributed by atoms with Crippen molar-refractivity contribution < 1.29 is 4.79 Å². The van der Waals surface area contributed by atoms with Crippen molar-refractivity contribution in [2.45, 2.75) is 26.7 Å². The zero-order valence-corrected chi connectivity index (χ0v) is 17.2. The van der Waals surface area contributed by atoms with Crippen LogP contribution < -0.4 is 5.32 Å². The summed E-state index contributed by atoms with van der Waals surface area (Å²) in [6.45, 7) is 7.82. The first-order valence-electron chi connectivity index (χ1n) is 9.83. The molecule has 0 unspecified atom stereocenters. The van der Waals surface area contributed by atoms with Crippen molar-refractivity contribution >= 4 is 23.2 Å². The van der Waals surface area contributed by atoms with Crippen LogP contribution in [-0.2, 0) is 11.2 Å². The maximum atomic E-state index is 12.3. The fraction of sp³-hybridized carbons (Fsp3) is 0.364. The van der Waals surface area contributed by atoms with Crippen molar-refractivity contribution in [3.8, 4) is 11.3 Å². The van der Waals surface area contributed by atoms with E-state index < -0.39 is 0 Å². The average molecular weight is 399 g/mol. The van der Waals surface area contributed by atoms with Gasteiger partial charge in [0.2, 0.25) is 5.91 Å². The Morgan fingerprint density at radius 3 is 2.61 bits per heavy atom. The Hall–Kier alpha value is -2.37. The highest BCUT2D eigenvalue weighted by molar-refractivity contribution is 6.30. The molecule has 1 amide bonds. The fourth-order valence-corrected chi connectivity index (χ4v) is 3.46. The van der Waals surface area contributed by atoms with Crippen LogP contribution in [0.25, 0.3) is 16.9 Å². The van der Waals surface area contributed by atoms with Gasteiger partial charge >= 0.3 is 0 Å². The number of hydrogen-bond donors (Lipinski definition) is 1. The molecule has 0 bridgehead atoms. The number of rotatable bonds is 9. The Morgan fingerprint density at radius 1 is 1.14 bits per heavy atom. The zero-order valence-electron chi connectivity index (χ0n) is 16.5. The number of imidazole rings is 1. The molecule has 0 aliphatic carbocycles. The molecule has 5 nitrogen and oxygen atoms in total. The summed E-state index contributed by atoms with van der Waals surface area (Å²) in [4.78, 5) is 19.4. The maximum absolute atomic E-state index is 12.3. The lowest BCUT2D eigenvalue weighted by Crippen LogP contribution is -2.34. The monoisotopic (exact) mass is 398 g/mol. The second-order valence-corrected chi connectivity index (χ2v) is 7.16. The van der Waals surface area contributed by atoms with Crippen molar-refractivity contribution in [2.24, 2.45) is 0 Å². The SMILES string of the molecule is CCN(CC)CCNC(=O)CCc1c(-c2ccc(Cl)cc2)nc2ccccn12. The number of nitrogens with one attached hydrogen (secondary N) is 1. The second kappa shape index (κ2) is 9.71. The normalized spacial score (nSPS) is 11.3. The molecule has 1 N–H and O–H groups in total. The van der Waals surface area contributed by atoms with Gasteiger partial charge in [-0.25, -0.2) is 4.98 Å². The molecular formula is C22H27ClN4O. The van der Waals surface area contributed by atoms with Crippen LogP contribution in [0.3, 0.4) is 0 Å². The molecule has 0 saturated carbocycles. The number of hydrogen-bond acceptors (Lipinski definition) is 3. The highest BCUT2D eigenvalue weighted by Crippen LogP contribution is 2.26. The predicted molar refractivity (Wildman–Crippen MR) is 115 cm³/mol. The van der Waals surface area contributed by atoms with E-state index in [0.717, 1.165) is 42.2 Å². The molecule has 3 aromatic rings. The lowest BCUT2D eigenvalue weighted by molar-refractivity contribution is -0.121. The molecule has 0 atom stereocenters. The van der Waals surface area contributed by atoms with Gasteiger partial charge in [-0.3, -0.25) is 4.79 Å². The Bertz CT molecular complexity index is 916. The molecule has 148 valence electrons. The van der Waals surface area contributed by atoms with Gasteiger partial charge in [0.05, 0.1) is 11.4 Å². The number of halogens is 1. The largest absolute Gasteiger partial charge is 0.355 e. The summed E-state index contributed by atoms with van der Waals surface area (Å²) >= 11 is 6.03. The first-order chi connectivity index (χ1) is 13.6. The van der Waals surface area contributed by atoms with Gasteiger partial charge in [-0.1, -0.05) is 43.6 Å². The topological polar surface area (TPSA) is 49.6 Å². The molecule has 0 fully saturated rings. The van der Waals surface area contributed by atoms with Gasteiger partial charge in [0, 0.05) is 36.3 Å². The molecule has 0 saturated heterocycles. The van der Waals surface area contributed by atoms with E-state index in [1.54, 1.807) is 0 Å². The van der Waals surface area contributed by atoms with Crippen LogP contribution in [-0.4, -0.2) is 46.4 Å². The van der Waals surface area contributed by atoms with Gasteiger partial charge in [-0.05, 0) is 43.8 Å². The van der Waals surface area contributed by atoms with Crippen LogP contribution in [0.1, 0.15) is 26.0 Å². The second-order valence-electron chi connectivity index (χ2n) is 6.72. The number of carbonyl (C=O) groups excluding carboxylic acids is 1. The highest BCUT2D eigenvalue weighted by atomic mass is 35.5. The number of aromatic nitrogens is 2. The number of carbonyl (C=O) groups is 1. The van der Waals surface area contributed by atoms with E-state index in [9.17, 15) is 4.79 Å². The molecule has 2 heterocycles. The van der Waals surface area contributed by atoms with E-state index in [2.05, 4.69) is 28.5 Å². The minimum Gasteiger partial charge on any atom is -0.355 e. The predicted octanol–water partition coefficient (Wildman–Crippen LogP) is 4.05. The van der Waals surface area contributed by atoms with Crippen molar-refractivity contribution in [3.63, 3.8) is 0 Å². The number of pyridine rings is 1. The summed E-state index contributed by atoms with van der Waals surface area (Å²) < 4.78 is 2.06. The van der Waals surface area contributed by atoms with Gasteiger partial charge in [0.1, 0.15) is 5.65 Å².